The summed E-state index contributed by atoms with van der Waals surface area (Å²) in [6, 6.07) is 2.65. The van der Waals surface area contributed by atoms with Crippen LogP contribution in [0.4, 0.5) is 0 Å². The van der Waals surface area contributed by atoms with Gasteiger partial charge in [-0.3, -0.25) is 4.79 Å². The largest absolute Gasteiger partial charge is 0.351 e. The molecular formula is C15H25N3O. The molecule has 0 bridgehead atoms. The third-order valence-corrected chi connectivity index (χ3v) is 3.94. The first-order valence-electron chi connectivity index (χ1n) is 7.19. The quantitative estimate of drug-likeness (QED) is 0.873. The predicted molar refractivity (Wildman–Crippen MR) is 77.2 cm³/mol. The van der Waals surface area contributed by atoms with Gasteiger partial charge in [-0.2, -0.15) is 0 Å². The van der Waals surface area contributed by atoms with Crippen LogP contribution in [0.25, 0.3) is 0 Å². The molecule has 1 atom stereocenters. The van der Waals surface area contributed by atoms with Gasteiger partial charge in [-0.05, 0) is 58.7 Å². The number of aryl methyl sites for hydroxylation is 1. The van der Waals surface area contributed by atoms with Gasteiger partial charge in [0.2, 0.25) is 5.91 Å². The molecule has 19 heavy (non-hydrogen) atoms. The molecule has 0 radical (unpaired) electrons. The average Bonchev–Trinajstić information content (AvgIpc) is 2.94. The Kier molecular flexibility index (Phi) is 4.30. The van der Waals surface area contributed by atoms with Gasteiger partial charge in [0.1, 0.15) is 0 Å². The van der Waals surface area contributed by atoms with Crippen molar-refractivity contribution >= 4 is 5.91 Å². The minimum atomic E-state index is 0.00795. The number of nitrogens with one attached hydrogen (secondary N) is 2. The summed E-state index contributed by atoms with van der Waals surface area (Å²) in [5, 5.41) is 6.27. The summed E-state index contributed by atoms with van der Waals surface area (Å²) in [5.74, 6) is 0.131. The van der Waals surface area contributed by atoms with Crippen molar-refractivity contribution in [3.63, 3.8) is 0 Å². The van der Waals surface area contributed by atoms with Crippen molar-refractivity contribution < 1.29 is 4.79 Å². The maximum absolute atomic E-state index is 12.0. The van der Waals surface area contributed by atoms with Gasteiger partial charge in [0.15, 0.2) is 0 Å². The normalized spacial score (nSPS) is 19.1. The van der Waals surface area contributed by atoms with Crippen LogP contribution in [0.15, 0.2) is 6.07 Å². The van der Waals surface area contributed by atoms with Crippen LogP contribution in [0.3, 0.4) is 0 Å². The fourth-order valence-electron chi connectivity index (χ4n) is 3.03. The first-order chi connectivity index (χ1) is 9.00. The topological polar surface area (TPSA) is 46.1 Å². The lowest BCUT2D eigenvalue weighted by Crippen LogP contribution is -2.40. The summed E-state index contributed by atoms with van der Waals surface area (Å²) in [6.07, 6.45) is 2.05. The van der Waals surface area contributed by atoms with E-state index in [0.29, 0.717) is 12.6 Å². The third kappa shape index (κ3) is 3.00. The highest BCUT2D eigenvalue weighted by Gasteiger charge is 2.22. The number of nitrogens with zero attached hydrogens (tertiary/aromatic N) is 1. The van der Waals surface area contributed by atoms with Gasteiger partial charge < -0.3 is 15.2 Å². The van der Waals surface area contributed by atoms with E-state index in [-0.39, 0.29) is 11.9 Å². The summed E-state index contributed by atoms with van der Waals surface area (Å²) in [7, 11) is 0. The molecule has 1 aliphatic heterocycles. The highest BCUT2D eigenvalue weighted by atomic mass is 16.2. The molecule has 2 N–H and O–H groups in total. The SMILES string of the molecule is Cc1cc(CNC(=O)C2CCCN2)c(C)n1C(C)C. The van der Waals surface area contributed by atoms with Gasteiger partial charge >= 0.3 is 0 Å². The molecule has 1 saturated heterocycles. The van der Waals surface area contributed by atoms with E-state index in [4.69, 9.17) is 0 Å². The Labute approximate surface area is 115 Å². The number of hydrogen-bond acceptors (Lipinski definition) is 2. The van der Waals surface area contributed by atoms with Crippen molar-refractivity contribution in [1.29, 1.82) is 0 Å². The average molecular weight is 263 g/mol. The number of carbonyl (C=O) groups excluding carboxylic acids is 1. The van der Waals surface area contributed by atoms with Crippen molar-refractivity contribution in [3.8, 4) is 0 Å². The van der Waals surface area contributed by atoms with Gasteiger partial charge in [0.25, 0.3) is 0 Å². The fourth-order valence-corrected chi connectivity index (χ4v) is 3.03. The van der Waals surface area contributed by atoms with Crippen LogP contribution in [0.1, 0.15) is 49.7 Å². The van der Waals surface area contributed by atoms with Crippen LogP contribution in [-0.2, 0) is 11.3 Å². The summed E-state index contributed by atoms with van der Waals surface area (Å²) in [4.78, 5) is 12.0. The number of hydrogen-bond donors (Lipinski definition) is 2. The number of amides is 1. The lowest BCUT2D eigenvalue weighted by atomic mass is 10.2. The molecule has 0 aromatic carbocycles. The van der Waals surface area contributed by atoms with Gasteiger partial charge in [-0.25, -0.2) is 0 Å². The maximum atomic E-state index is 12.0. The molecular weight excluding hydrogens is 238 g/mol. The Morgan fingerprint density at radius 1 is 1.53 bits per heavy atom. The highest BCUT2D eigenvalue weighted by molar-refractivity contribution is 5.82. The second-order valence-corrected chi connectivity index (χ2v) is 5.73. The van der Waals surface area contributed by atoms with Gasteiger partial charge in [-0.1, -0.05) is 0 Å². The summed E-state index contributed by atoms with van der Waals surface area (Å²) < 4.78 is 2.31. The summed E-state index contributed by atoms with van der Waals surface area (Å²) >= 11 is 0. The first-order valence-corrected chi connectivity index (χ1v) is 7.19. The zero-order valence-electron chi connectivity index (χ0n) is 12.4. The summed E-state index contributed by atoms with van der Waals surface area (Å²) in [5.41, 5.74) is 3.74. The smallest absolute Gasteiger partial charge is 0.237 e. The molecule has 1 amide bonds. The minimum absolute atomic E-state index is 0.00795. The molecule has 0 saturated carbocycles. The van der Waals surface area contributed by atoms with E-state index in [2.05, 4.69) is 49.0 Å². The third-order valence-electron chi connectivity index (χ3n) is 3.94. The lowest BCUT2D eigenvalue weighted by molar-refractivity contribution is -0.122. The number of aromatic nitrogens is 1. The van der Waals surface area contributed by atoms with Crippen molar-refractivity contribution in [2.24, 2.45) is 0 Å². The zero-order valence-corrected chi connectivity index (χ0v) is 12.4. The Morgan fingerprint density at radius 3 is 2.79 bits per heavy atom. The van der Waals surface area contributed by atoms with Gasteiger partial charge in [-0.15, -0.1) is 0 Å². The Hall–Kier alpha value is -1.29. The highest BCUT2D eigenvalue weighted by Crippen LogP contribution is 2.20. The van der Waals surface area contributed by atoms with E-state index in [1.165, 1.54) is 17.0 Å². The minimum Gasteiger partial charge on any atom is -0.351 e. The Balaban J connectivity index is 1.99. The van der Waals surface area contributed by atoms with Crippen molar-refractivity contribution in [3.05, 3.63) is 23.0 Å². The molecule has 106 valence electrons. The van der Waals surface area contributed by atoms with E-state index in [0.717, 1.165) is 19.4 Å². The molecule has 2 rings (SSSR count). The summed E-state index contributed by atoms with van der Waals surface area (Å²) in [6.45, 7) is 10.2. The fraction of sp³-hybridized carbons (Fsp3) is 0.667. The van der Waals surface area contributed by atoms with Crippen molar-refractivity contribution in [1.82, 2.24) is 15.2 Å². The van der Waals surface area contributed by atoms with Gasteiger partial charge in [0, 0.05) is 24.0 Å². The number of rotatable bonds is 4. The molecule has 1 aromatic heterocycles. The van der Waals surface area contributed by atoms with E-state index in [9.17, 15) is 4.79 Å². The van der Waals surface area contributed by atoms with E-state index in [1.54, 1.807) is 0 Å². The van der Waals surface area contributed by atoms with Crippen LogP contribution in [-0.4, -0.2) is 23.1 Å². The van der Waals surface area contributed by atoms with Crippen LogP contribution in [0, 0.1) is 13.8 Å². The second kappa shape index (κ2) is 5.78. The van der Waals surface area contributed by atoms with E-state index >= 15 is 0 Å². The molecule has 1 aromatic rings. The molecule has 1 aliphatic rings. The second-order valence-electron chi connectivity index (χ2n) is 5.73. The first kappa shape index (κ1) is 14.1. The van der Waals surface area contributed by atoms with E-state index < -0.39 is 0 Å². The molecule has 4 heteroatoms. The molecule has 0 spiro atoms. The molecule has 1 unspecified atom stereocenters. The van der Waals surface area contributed by atoms with Crippen molar-refractivity contribution in [2.75, 3.05) is 6.54 Å². The Bertz CT molecular complexity index is 456. The standard InChI is InChI=1S/C15H25N3O/c1-10(2)18-11(3)8-13(12(18)4)9-17-15(19)14-6-5-7-16-14/h8,10,14,16H,5-7,9H2,1-4H3,(H,17,19). The Morgan fingerprint density at radius 2 is 2.26 bits per heavy atom. The monoisotopic (exact) mass is 263 g/mol. The van der Waals surface area contributed by atoms with Crippen LogP contribution < -0.4 is 10.6 Å². The zero-order chi connectivity index (χ0) is 14.0. The molecule has 1 fully saturated rings. The molecule has 0 aliphatic carbocycles. The molecule has 2 heterocycles. The lowest BCUT2D eigenvalue weighted by Gasteiger charge is -2.14. The number of carbonyl (C=O) groups is 1. The van der Waals surface area contributed by atoms with Crippen LogP contribution in [0.2, 0.25) is 0 Å². The van der Waals surface area contributed by atoms with Crippen molar-refractivity contribution in [2.45, 2.75) is 59.2 Å². The molecule has 4 nitrogen and oxygen atoms in total. The van der Waals surface area contributed by atoms with Crippen LogP contribution in [0.5, 0.6) is 0 Å². The van der Waals surface area contributed by atoms with Crippen LogP contribution >= 0.6 is 0 Å². The predicted octanol–water partition coefficient (Wildman–Crippen LogP) is 2.05. The maximum Gasteiger partial charge on any atom is 0.237 e. The van der Waals surface area contributed by atoms with E-state index in [1.807, 2.05) is 0 Å². The van der Waals surface area contributed by atoms with Gasteiger partial charge in [0.05, 0.1) is 6.04 Å².